The predicted molar refractivity (Wildman–Crippen MR) is 75.0 cm³/mol. The van der Waals surface area contributed by atoms with Crippen LogP contribution in [-0.2, 0) is 4.79 Å². The molecule has 1 saturated carbocycles. The molecule has 1 N–H and O–H groups in total. The molecule has 5 heteroatoms. The number of hydrogen-bond acceptors (Lipinski definition) is 4. The van der Waals surface area contributed by atoms with Gasteiger partial charge < -0.3 is 10.0 Å². The van der Waals surface area contributed by atoms with Gasteiger partial charge in [-0.15, -0.1) is 0 Å². The van der Waals surface area contributed by atoms with Gasteiger partial charge in [-0.3, -0.25) is 14.6 Å². The van der Waals surface area contributed by atoms with E-state index >= 15 is 0 Å². The minimum absolute atomic E-state index is 0.236. The van der Waals surface area contributed by atoms with Gasteiger partial charge in [0, 0.05) is 45.3 Å². The Labute approximate surface area is 116 Å². The molecular weight excluding hydrogens is 242 g/mol. The number of carbonyl (C=O) groups is 1. The number of likely N-dealkylation sites (N-methyl/N-ethyl adjacent to an activating group) is 1. The molecule has 1 atom stereocenters. The molecule has 0 spiro atoms. The molecule has 1 heterocycles. The molecule has 1 saturated heterocycles. The van der Waals surface area contributed by atoms with E-state index in [2.05, 4.69) is 16.7 Å². The molecule has 5 nitrogen and oxygen atoms in total. The number of hydrogen-bond donors (Lipinski definition) is 1. The van der Waals surface area contributed by atoms with Crippen LogP contribution in [0.2, 0.25) is 0 Å². The third-order valence-corrected chi connectivity index (χ3v) is 4.45. The molecule has 1 aliphatic carbocycles. The summed E-state index contributed by atoms with van der Waals surface area (Å²) in [5, 5.41) is 9.31. The molecule has 0 radical (unpaired) electrons. The van der Waals surface area contributed by atoms with Crippen LogP contribution < -0.4 is 0 Å². The quantitative estimate of drug-likeness (QED) is 0.737. The minimum Gasteiger partial charge on any atom is -0.395 e. The van der Waals surface area contributed by atoms with Gasteiger partial charge in [-0.25, -0.2) is 0 Å². The molecule has 0 aromatic rings. The maximum atomic E-state index is 12.1. The van der Waals surface area contributed by atoms with Gasteiger partial charge in [0.05, 0.1) is 13.2 Å². The van der Waals surface area contributed by atoms with Gasteiger partial charge in [0.25, 0.3) is 0 Å². The number of nitrogens with zero attached hydrogens (tertiary/aromatic N) is 3. The van der Waals surface area contributed by atoms with Gasteiger partial charge in [0.15, 0.2) is 0 Å². The van der Waals surface area contributed by atoms with Crippen molar-refractivity contribution < 1.29 is 9.90 Å². The Bertz CT molecular complexity index is 295. The van der Waals surface area contributed by atoms with E-state index in [1.54, 1.807) is 0 Å². The fourth-order valence-corrected chi connectivity index (χ4v) is 2.76. The average Bonchev–Trinajstić information content (AvgIpc) is 3.25. The van der Waals surface area contributed by atoms with Crippen LogP contribution in [0.1, 0.15) is 26.2 Å². The first-order valence-corrected chi connectivity index (χ1v) is 7.48. The van der Waals surface area contributed by atoms with E-state index in [-0.39, 0.29) is 18.6 Å². The summed E-state index contributed by atoms with van der Waals surface area (Å²) in [6, 6.07) is 0.791. The number of carbonyl (C=O) groups excluding carboxylic acids is 1. The Morgan fingerprint density at radius 3 is 2.42 bits per heavy atom. The maximum absolute atomic E-state index is 12.1. The van der Waals surface area contributed by atoms with Crippen LogP contribution in [0, 0.1) is 0 Å². The molecule has 2 fully saturated rings. The van der Waals surface area contributed by atoms with E-state index in [4.69, 9.17) is 0 Å². The van der Waals surface area contributed by atoms with Crippen molar-refractivity contribution in [3.8, 4) is 0 Å². The van der Waals surface area contributed by atoms with E-state index in [1.165, 1.54) is 12.8 Å². The second kappa shape index (κ2) is 6.68. The van der Waals surface area contributed by atoms with Crippen LogP contribution in [0.4, 0.5) is 0 Å². The van der Waals surface area contributed by atoms with Crippen molar-refractivity contribution in [3.63, 3.8) is 0 Å². The lowest BCUT2D eigenvalue weighted by molar-refractivity contribution is -0.132. The zero-order valence-electron chi connectivity index (χ0n) is 12.2. The summed E-state index contributed by atoms with van der Waals surface area (Å²) in [4.78, 5) is 18.5. The first kappa shape index (κ1) is 14.8. The second-order valence-corrected chi connectivity index (χ2v) is 5.79. The second-order valence-electron chi connectivity index (χ2n) is 5.79. The van der Waals surface area contributed by atoms with E-state index in [0.29, 0.717) is 12.6 Å². The number of aliphatic hydroxyl groups is 1. The third kappa shape index (κ3) is 3.91. The Hall–Kier alpha value is -0.650. The van der Waals surface area contributed by atoms with Crippen molar-refractivity contribution in [1.29, 1.82) is 0 Å². The van der Waals surface area contributed by atoms with E-state index in [0.717, 1.165) is 32.6 Å². The lowest BCUT2D eigenvalue weighted by Gasteiger charge is -2.38. The van der Waals surface area contributed by atoms with E-state index in [1.807, 2.05) is 11.9 Å². The standard InChI is InChI=1S/C14H27N3O2/c1-3-12(11-18)17-8-6-16(7-9-17)10-14(19)15(2)13-4-5-13/h12-13,18H,3-11H2,1-2H3. The van der Waals surface area contributed by atoms with E-state index < -0.39 is 0 Å². The number of aliphatic hydroxyl groups excluding tert-OH is 1. The average molecular weight is 269 g/mol. The minimum atomic E-state index is 0.236. The summed E-state index contributed by atoms with van der Waals surface area (Å²) in [7, 11) is 1.93. The lowest BCUT2D eigenvalue weighted by atomic mass is 10.1. The highest BCUT2D eigenvalue weighted by atomic mass is 16.3. The number of amides is 1. The highest BCUT2D eigenvalue weighted by molar-refractivity contribution is 5.78. The van der Waals surface area contributed by atoms with Crippen LogP contribution in [-0.4, -0.2) is 84.2 Å². The Morgan fingerprint density at radius 2 is 1.95 bits per heavy atom. The largest absolute Gasteiger partial charge is 0.395 e. The van der Waals surface area contributed by atoms with Crippen molar-refractivity contribution in [3.05, 3.63) is 0 Å². The molecule has 110 valence electrons. The van der Waals surface area contributed by atoms with Crippen molar-refractivity contribution in [2.24, 2.45) is 0 Å². The van der Waals surface area contributed by atoms with Crippen molar-refractivity contribution in [2.45, 2.75) is 38.3 Å². The van der Waals surface area contributed by atoms with Crippen molar-refractivity contribution in [1.82, 2.24) is 14.7 Å². The summed E-state index contributed by atoms with van der Waals surface area (Å²) in [6.45, 7) is 6.68. The van der Waals surface area contributed by atoms with Crippen LogP contribution in [0.25, 0.3) is 0 Å². The van der Waals surface area contributed by atoms with Gasteiger partial charge in [0.2, 0.25) is 5.91 Å². The molecule has 1 unspecified atom stereocenters. The highest BCUT2D eigenvalue weighted by Crippen LogP contribution is 2.25. The fourth-order valence-electron chi connectivity index (χ4n) is 2.76. The fraction of sp³-hybridized carbons (Fsp3) is 0.929. The molecule has 0 aromatic carbocycles. The topological polar surface area (TPSA) is 47.0 Å². The van der Waals surface area contributed by atoms with Gasteiger partial charge in [-0.1, -0.05) is 6.92 Å². The third-order valence-electron chi connectivity index (χ3n) is 4.45. The molecule has 1 aliphatic heterocycles. The molecule has 1 amide bonds. The summed E-state index contributed by atoms with van der Waals surface area (Å²) in [6.07, 6.45) is 3.33. The van der Waals surface area contributed by atoms with Gasteiger partial charge >= 0.3 is 0 Å². The van der Waals surface area contributed by atoms with Crippen molar-refractivity contribution >= 4 is 5.91 Å². The van der Waals surface area contributed by atoms with Crippen molar-refractivity contribution in [2.75, 3.05) is 46.4 Å². The van der Waals surface area contributed by atoms with Crippen LogP contribution >= 0.6 is 0 Å². The van der Waals surface area contributed by atoms with Gasteiger partial charge in [0.1, 0.15) is 0 Å². The first-order chi connectivity index (χ1) is 9.15. The number of piperazine rings is 1. The Morgan fingerprint density at radius 1 is 1.32 bits per heavy atom. The molecule has 19 heavy (non-hydrogen) atoms. The van der Waals surface area contributed by atoms with Crippen LogP contribution in [0.5, 0.6) is 0 Å². The zero-order chi connectivity index (χ0) is 13.8. The first-order valence-electron chi connectivity index (χ1n) is 7.48. The molecule has 0 aromatic heterocycles. The van der Waals surface area contributed by atoms with Crippen LogP contribution in [0.3, 0.4) is 0 Å². The Balaban J connectivity index is 1.72. The highest BCUT2D eigenvalue weighted by Gasteiger charge is 2.31. The number of rotatable bonds is 6. The normalized spacial score (nSPS) is 23.3. The molecule has 2 rings (SSSR count). The van der Waals surface area contributed by atoms with Crippen LogP contribution in [0.15, 0.2) is 0 Å². The molecular formula is C14H27N3O2. The lowest BCUT2D eigenvalue weighted by Crippen LogP contribution is -2.53. The summed E-state index contributed by atoms with van der Waals surface area (Å²) in [5.74, 6) is 0.255. The molecule has 0 bridgehead atoms. The predicted octanol–water partition coefficient (Wildman–Crippen LogP) is -0.00430. The zero-order valence-corrected chi connectivity index (χ0v) is 12.2. The SMILES string of the molecule is CCC(CO)N1CCN(CC(=O)N(C)C2CC2)CC1. The smallest absolute Gasteiger partial charge is 0.236 e. The van der Waals surface area contributed by atoms with E-state index in [9.17, 15) is 9.90 Å². The Kier molecular flexibility index (Phi) is 5.19. The van der Waals surface area contributed by atoms with Gasteiger partial charge in [-0.2, -0.15) is 0 Å². The van der Waals surface area contributed by atoms with Gasteiger partial charge in [-0.05, 0) is 19.3 Å². The monoisotopic (exact) mass is 269 g/mol. The summed E-state index contributed by atoms with van der Waals surface area (Å²) < 4.78 is 0. The molecule has 2 aliphatic rings. The maximum Gasteiger partial charge on any atom is 0.236 e. The summed E-state index contributed by atoms with van der Waals surface area (Å²) in [5.41, 5.74) is 0. The summed E-state index contributed by atoms with van der Waals surface area (Å²) >= 11 is 0.